The van der Waals surface area contributed by atoms with Crippen LogP contribution in [-0.4, -0.2) is 28.6 Å². The lowest BCUT2D eigenvalue weighted by Gasteiger charge is -2.10. The molecule has 1 N–H and O–H groups in total. The Kier molecular flexibility index (Phi) is 4.12. The van der Waals surface area contributed by atoms with Gasteiger partial charge in [-0.05, 0) is 65.7 Å². The second-order valence-corrected chi connectivity index (χ2v) is 8.02. The molecule has 4 rings (SSSR count). The standard InChI is InChI=1S/C16H13ClFN5O2S/c17-11-3-8-15(14(18)9-11)26(24,25)20-12-4-1-10(2-5-12)16-19-21-22-23(16)13-6-7-13/h1-5,8-9,13,20H,6-7H2. The van der Waals surface area contributed by atoms with Gasteiger partial charge in [-0.2, -0.15) is 0 Å². The second-order valence-electron chi connectivity index (χ2n) is 5.94. The van der Waals surface area contributed by atoms with Crippen LogP contribution in [0.3, 0.4) is 0 Å². The lowest BCUT2D eigenvalue weighted by atomic mass is 10.2. The zero-order valence-corrected chi connectivity index (χ0v) is 14.9. The van der Waals surface area contributed by atoms with Crippen LogP contribution in [0.15, 0.2) is 47.4 Å². The third kappa shape index (κ3) is 3.27. The number of tetrazole rings is 1. The second kappa shape index (κ2) is 6.33. The molecule has 1 heterocycles. The van der Waals surface area contributed by atoms with E-state index in [9.17, 15) is 12.8 Å². The van der Waals surface area contributed by atoms with Gasteiger partial charge < -0.3 is 0 Å². The highest BCUT2D eigenvalue weighted by molar-refractivity contribution is 7.92. The van der Waals surface area contributed by atoms with E-state index in [1.54, 1.807) is 28.9 Å². The molecule has 0 spiro atoms. The van der Waals surface area contributed by atoms with Crippen LogP contribution >= 0.6 is 11.6 Å². The maximum atomic E-state index is 13.9. The molecule has 1 saturated carbocycles. The first-order valence-corrected chi connectivity index (χ1v) is 9.66. The van der Waals surface area contributed by atoms with Gasteiger partial charge in [0.25, 0.3) is 10.0 Å². The lowest BCUT2D eigenvalue weighted by Crippen LogP contribution is -2.14. The number of sulfonamides is 1. The van der Waals surface area contributed by atoms with Crippen molar-refractivity contribution in [3.8, 4) is 11.4 Å². The fourth-order valence-corrected chi connectivity index (χ4v) is 3.82. The van der Waals surface area contributed by atoms with Crippen LogP contribution in [0.5, 0.6) is 0 Å². The molecule has 1 aliphatic carbocycles. The van der Waals surface area contributed by atoms with Gasteiger partial charge in [0.2, 0.25) is 0 Å². The highest BCUT2D eigenvalue weighted by Crippen LogP contribution is 2.36. The summed E-state index contributed by atoms with van der Waals surface area (Å²) in [5.74, 6) is -0.282. The van der Waals surface area contributed by atoms with Gasteiger partial charge >= 0.3 is 0 Å². The van der Waals surface area contributed by atoms with Crippen molar-refractivity contribution in [1.29, 1.82) is 0 Å². The summed E-state index contributed by atoms with van der Waals surface area (Å²) < 4.78 is 42.7. The number of nitrogens with one attached hydrogen (secondary N) is 1. The third-order valence-corrected chi connectivity index (χ3v) is 5.61. The van der Waals surface area contributed by atoms with E-state index < -0.39 is 20.7 Å². The topological polar surface area (TPSA) is 89.8 Å². The van der Waals surface area contributed by atoms with Crippen molar-refractivity contribution in [2.24, 2.45) is 0 Å². The van der Waals surface area contributed by atoms with Crippen LogP contribution in [0.25, 0.3) is 11.4 Å². The van der Waals surface area contributed by atoms with Gasteiger partial charge in [-0.15, -0.1) is 5.10 Å². The Labute approximate surface area is 153 Å². The van der Waals surface area contributed by atoms with Crippen LogP contribution in [0.2, 0.25) is 5.02 Å². The van der Waals surface area contributed by atoms with Crippen molar-refractivity contribution >= 4 is 27.3 Å². The molecule has 0 atom stereocenters. The molecule has 0 aliphatic heterocycles. The first-order valence-electron chi connectivity index (χ1n) is 7.80. The third-order valence-electron chi connectivity index (χ3n) is 3.96. The molecular formula is C16H13ClFN5O2S. The maximum absolute atomic E-state index is 13.9. The molecule has 0 saturated heterocycles. The van der Waals surface area contributed by atoms with Gasteiger partial charge in [0, 0.05) is 16.3 Å². The van der Waals surface area contributed by atoms with Gasteiger partial charge in [-0.25, -0.2) is 17.5 Å². The fraction of sp³-hybridized carbons (Fsp3) is 0.188. The Hall–Kier alpha value is -2.52. The highest BCUT2D eigenvalue weighted by atomic mass is 35.5. The van der Waals surface area contributed by atoms with Crippen LogP contribution in [-0.2, 0) is 10.0 Å². The average Bonchev–Trinajstić information content (AvgIpc) is 3.32. The number of nitrogens with zero attached hydrogens (tertiary/aromatic N) is 4. The number of hydrogen-bond donors (Lipinski definition) is 1. The molecule has 1 aliphatic rings. The van der Waals surface area contributed by atoms with E-state index in [4.69, 9.17) is 11.6 Å². The van der Waals surface area contributed by atoms with E-state index in [0.717, 1.165) is 30.5 Å². The smallest absolute Gasteiger partial charge is 0.264 e. The SMILES string of the molecule is O=S(=O)(Nc1ccc(-c2nnnn2C2CC2)cc1)c1ccc(Cl)cc1F. The van der Waals surface area contributed by atoms with Crippen LogP contribution in [0, 0.1) is 5.82 Å². The van der Waals surface area contributed by atoms with Gasteiger partial charge in [0.1, 0.15) is 10.7 Å². The number of anilines is 1. The Morgan fingerprint density at radius 3 is 2.54 bits per heavy atom. The molecule has 134 valence electrons. The Morgan fingerprint density at radius 2 is 1.88 bits per heavy atom. The summed E-state index contributed by atoms with van der Waals surface area (Å²) >= 11 is 5.66. The molecule has 10 heteroatoms. The molecule has 0 bridgehead atoms. The first-order chi connectivity index (χ1) is 12.4. The zero-order valence-electron chi connectivity index (χ0n) is 13.3. The Morgan fingerprint density at radius 1 is 1.15 bits per heavy atom. The molecule has 7 nitrogen and oxygen atoms in total. The summed E-state index contributed by atoms with van der Waals surface area (Å²) in [4.78, 5) is -0.469. The van der Waals surface area contributed by atoms with E-state index in [1.165, 1.54) is 6.07 Å². The number of halogens is 2. The predicted octanol–water partition coefficient (Wildman–Crippen LogP) is 3.27. The summed E-state index contributed by atoms with van der Waals surface area (Å²) in [7, 11) is -4.07. The predicted molar refractivity (Wildman–Crippen MR) is 93.7 cm³/mol. The van der Waals surface area contributed by atoms with Crippen molar-refractivity contribution < 1.29 is 12.8 Å². The molecule has 26 heavy (non-hydrogen) atoms. The molecule has 0 unspecified atom stereocenters. The van der Waals surface area contributed by atoms with Gasteiger partial charge in [-0.3, -0.25) is 4.72 Å². The summed E-state index contributed by atoms with van der Waals surface area (Å²) in [5.41, 5.74) is 1.07. The molecule has 2 aromatic carbocycles. The maximum Gasteiger partial charge on any atom is 0.264 e. The van der Waals surface area contributed by atoms with Gasteiger partial charge in [0.15, 0.2) is 5.82 Å². The van der Waals surface area contributed by atoms with Crippen molar-refractivity contribution in [2.45, 2.75) is 23.8 Å². The van der Waals surface area contributed by atoms with Crippen molar-refractivity contribution in [1.82, 2.24) is 20.2 Å². The average molecular weight is 394 g/mol. The number of hydrogen-bond acceptors (Lipinski definition) is 5. The van der Waals surface area contributed by atoms with E-state index in [1.807, 2.05) is 0 Å². The van der Waals surface area contributed by atoms with Crippen LogP contribution in [0.4, 0.5) is 10.1 Å². The fourth-order valence-electron chi connectivity index (χ4n) is 2.54. The first kappa shape index (κ1) is 16.9. The van der Waals surface area contributed by atoms with Crippen molar-refractivity contribution in [2.75, 3.05) is 4.72 Å². The van der Waals surface area contributed by atoms with E-state index in [-0.39, 0.29) is 5.02 Å². The summed E-state index contributed by atoms with van der Waals surface area (Å²) in [6.45, 7) is 0. The lowest BCUT2D eigenvalue weighted by molar-refractivity contribution is 0.570. The molecule has 1 aromatic heterocycles. The number of benzene rings is 2. The zero-order chi connectivity index (χ0) is 18.3. The van der Waals surface area contributed by atoms with Crippen LogP contribution in [0.1, 0.15) is 18.9 Å². The Balaban J connectivity index is 1.58. The van der Waals surface area contributed by atoms with Gasteiger partial charge in [0.05, 0.1) is 6.04 Å². The molecule has 0 radical (unpaired) electrons. The Bertz CT molecular complexity index is 1060. The molecule has 0 amide bonds. The highest BCUT2D eigenvalue weighted by Gasteiger charge is 2.28. The summed E-state index contributed by atoms with van der Waals surface area (Å²) in [6.07, 6.45) is 2.09. The number of aromatic nitrogens is 4. The summed E-state index contributed by atoms with van der Waals surface area (Å²) in [6, 6.07) is 10.3. The largest absolute Gasteiger partial charge is 0.280 e. The van der Waals surface area contributed by atoms with E-state index >= 15 is 0 Å². The van der Waals surface area contributed by atoms with Gasteiger partial charge in [-0.1, -0.05) is 11.6 Å². The minimum atomic E-state index is -4.07. The molecular weight excluding hydrogens is 381 g/mol. The minimum absolute atomic E-state index is 0.124. The number of rotatable bonds is 5. The van der Waals surface area contributed by atoms with E-state index in [2.05, 4.69) is 20.2 Å². The quantitative estimate of drug-likeness (QED) is 0.718. The van der Waals surface area contributed by atoms with Crippen LogP contribution < -0.4 is 4.72 Å². The van der Waals surface area contributed by atoms with Crippen molar-refractivity contribution in [3.63, 3.8) is 0 Å². The summed E-state index contributed by atoms with van der Waals surface area (Å²) in [5, 5.41) is 11.8. The molecule has 1 fully saturated rings. The molecule has 3 aromatic rings. The van der Waals surface area contributed by atoms with E-state index in [0.29, 0.717) is 17.6 Å². The minimum Gasteiger partial charge on any atom is -0.280 e. The normalized spacial score (nSPS) is 14.4. The van der Waals surface area contributed by atoms with Crippen molar-refractivity contribution in [3.05, 3.63) is 53.3 Å². The monoisotopic (exact) mass is 393 g/mol.